The van der Waals surface area contributed by atoms with Crippen LogP contribution in [0.5, 0.6) is 0 Å². The van der Waals surface area contributed by atoms with Gasteiger partial charge in [0.25, 0.3) is 0 Å². The van der Waals surface area contributed by atoms with E-state index in [0.29, 0.717) is 40.8 Å². The SMILES string of the molecule is CCOC(C)c1noc(CSc2nnc(-c3ccc(Cl)cc3)n2Cc2ccco2)n1. The summed E-state index contributed by atoms with van der Waals surface area (Å²) in [6, 6.07) is 11.3. The van der Waals surface area contributed by atoms with Crippen LogP contribution >= 0.6 is 23.4 Å². The number of nitrogens with zero attached hydrogens (tertiary/aromatic N) is 5. The van der Waals surface area contributed by atoms with E-state index in [2.05, 4.69) is 20.3 Å². The molecule has 1 unspecified atom stereocenters. The van der Waals surface area contributed by atoms with E-state index in [1.807, 2.05) is 54.8 Å². The highest BCUT2D eigenvalue weighted by Gasteiger charge is 2.18. The van der Waals surface area contributed by atoms with Crippen LogP contribution in [0.2, 0.25) is 5.02 Å². The first-order valence-corrected chi connectivity index (χ1v) is 10.8. The van der Waals surface area contributed by atoms with Crippen molar-refractivity contribution in [3.8, 4) is 11.4 Å². The molecule has 10 heteroatoms. The lowest BCUT2D eigenvalue weighted by atomic mass is 10.2. The smallest absolute Gasteiger partial charge is 0.237 e. The molecule has 1 aromatic carbocycles. The van der Waals surface area contributed by atoms with Crippen molar-refractivity contribution in [2.45, 2.75) is 37.4 Å². The fraction of sp³-hybridized carbons (Fsp3) is 0.300. The molecule has 3 heterocycles. The van der Waals surface area contributed by atoms with Crippen LogP contribution in [0.4, 0.5) is 0 Å². The van der Waals surface area contributed by atoms with Crippen molar-refractivity contribution in [1.29, 1.82) is 0 Å². The molecule has 0 spiro atoms. The molecule has 0 fully saturated rings. The van der Waals surface area contributed by atoms with Crippen LogP contribution in [0.15, 0.2) is 56.8 Å². The first kappa shape index (κ1) is 20.6. The van der Waals surface area contributed by atoms with Gasteiger partial charge in [0.1, 0.15) is 11.9 Å². The van der Waals surface area contributed by atoms with Crippen molar-refractivity contribution in [3.63, 3.8) is 0 Å². The molecule has 30 heavy (non-hydrogen) atoms. The van der Waals surface area contributed by atoms with Gasteiger partial charge < -0.3 is 13.7 Å². The molecule has 4 rings (SSSR count). The molecule has 0 saturated heterocycles. The molecule has 0 bridgehead atoms. The molecular weight excluding hydrogens is 426 g/mol. The summed E-state index contributed by atoms with van der Waals surface area (Å²) < 4.78 is 18.4. The molecule has 4 aromatic rings. The quantitative estimate of drug-likeness (QED) is 0.332. The highest BCUT2D eigenvalue weighted by Crippen LogP contribution is 2.28. The van der Waals surface area contributed by atoms with Crippen molar-refractivity contribution in [3.05, 3.63) is 65.2 Å². The number of furan rings is 1. The second-order valence-electron chi connectivity index (χ2n) is 6.41. The average molecular weight is 446 g/mol. The summed E-state index contributed by atoms with van der Waals surface area (Å²) in [5.74, 6) is 3.02. The third kappa shape index (κ3) is 4.75. The first-order chi connectivity index (χ1) is 14.6. The van der Waals surface area contributed by atoms with Gasteiger partial charge in [0.2, 0.25) is 5.89 Å². The summed E-state index contributed by atoms with van der Waals surface area (Å²) in [7, 11) is 0. The van der Waals surface area contributed by atoms with Crippen LogP contribution in [0, 0.1) is 0 Å². The van der Waals surface area contributed by atoms with Gasteiger partial charge in [-0.3, -0.25) is 4.57 Å². The molecule has 0 aliphatic carbocycles. The van der Waals surface area contributed by atoms with Crippen molar-refractivity contribution in [1.82, 2.24) is 24.9 Å². The van der Waals surface area contributed by atoms with Crippen molar-refractivity contribution in [2.75, 3.05) is 6.61 Å². The minimum absolute atomic E-state index is 0.211. The lowest BCUT2D eigenvalue weighted by Gasteiger charge is -2.08. The second-order valence-corrected chi connectivity index (χ2v) is 7.79. The zero-order valence-corrected chi connectivity index (χ0v) is 18.1. The van der Waals surface area contributed by atoms with E-state index < -0.39 is 0 Å². The highest BCUT2D eigenvalue weighted by atomic mass is 35.5. The second kappa shape index (κ2) is 9.46. The topological polar surface area (TPSA) is 92.0 Å². The minimum atomic E-state index is -0.211. The van der Waals surface area contributed by atoms with E-state index >= 15 is 0 Å². The number of hydrogen-bond acceptors (Lipinski definition) is 8. The Labute approximate surface area is 182 Å². The lowest BCUT2D eigenvalue weighted by Crippen LogP contribution is -2.03. The van der Waals surface area contributed by atoms with Crippen LogP contribution in [0.3, 0.4) is 0 Å². The van der Waals surface area contributed by atoms with Gasteiger partial charge in [0.15, 0.2) is 16.8 Å². The summed E-state index contributed by atoms with van der Waals surface area (Å²) in [5, 5.41) is 14.1. The minimum Gasteiger partial charge on any atom is -0.467 e. The molecule has 8 nitrogen and oxygen atoms in total. The monoisotopic (exact) mass is 445 g/mol. The highest BCUT2D eigenvalue weighted by molar-refractivity contribution is 7.98. The molecule has 0 aliphatic heterocycles. The largest absolute Gasteiger partial charge is 0.467 e. The van der Waals surface area contributed by atoms with Gasteiger partial charge in [-0.25, -0.2) is 0 Å². The Morgan fingerprint density at radius 3 is 2.77 bits per heavy atom. The van der Waals surface area contributed by atoms with Crippen molar-refractivity contribution in [2.24, 2.45) is 0 Å². The number of hydrogen-bond donors (Lipinski definition) is 0. The number of halogens is 1. The van der Waals surface area contributed by atoms with Gasteiger partial charge in [0.05, 0.1) is 18.6 Å². The Balaban J connectivity index is 1.56. The standard InChI is InChI=1S/C20H20ClN5O3S/c1-3-27-13(2)18-22-17(29-25-18)12-30-20-24-23-19(14-6-8-15(21)9-7-14)26(20)11-16-5-4-10-28-16/h4-10,13H,3,11-12H2,1-2H3. The number of ether oxygens (including phenoxy) is 1. The molecular formula is C20H20ClN5O3S. The number of aromatic nitrogens is 5. The van der Waals surface area contributed by atoms with Crippen LogP contribution in [-0.4, -0.2) is 31.5 Å². The van der Waals surface area contributed by atoms with Crippen LogP contribution in [-0.2, 0) is 17.0 Å². The molecule has 0 saturated carbocycles. The molecule has 0 radical (unpaired) electrons. The molecule has 156 valence electrons. The molecule has 1 atom stereocenters. The van der Waals surface area contributed by atoms with Gasteiger partial charge in [-0.05, 0) is 50.2 Å². The van der Waals surface area contributed by atoms with E-state index in [9.17, 15) is 0 Å². The van der Waals surface area contributed by atoms with E-state index in [1.165, 1.54) is 11.8 Å². The zero-order valence-electron chi connectivity index (χ0n) is 16.5. The lowest BCUT2D eigenvalue weighted by molar-refractivity contribution is 0.0683. The van der Waals surface area contributed by atoms with E-state index in [-0.39, 0.29) is 6.10 Å². The van der Waals surface area contributed by atoms with Crippen LogP contribution in [0.1, 0.15) is 37.4 Å². The molecule has 3 aromatic heterocycles. The maximum atomic E-state index is 6.03. The summed E-state index contributed by atoms with van der Waals surface area (Å²) in [6.07, 6.45) is 1.44. The fourth-order valence-electron chi connectivity index (χ4n) is 2.85. The summed E-state index contributed by atoms with van der Waals surface area (Å²) in [5.41, 5.74) is 0.913. The van der Waals surface area contributed by atoms with Gasteiger partial charge in [-0.1, -0.05) is 28.5 Å². The Hall–Kier alpha value is -2.62. The normalized spacial score (nSPS) is 12.4. The Morgan fingerprint density at radius 1 is 1.20 bits per heavy atom. The summed E-state index contributed by atoms with van der Waals surface area (Å²) in [6.45, 7) is 4.90. The van der Waals surface area contributed by atoms with Gasteiger partial charge in [0, 0.05) is 17.2 Å². The van der Waals surface area contributed by atoms with E-state index in [1.54, 1.807) is 6.26 Å². The Kier molecular flexibility index (Phi) is 6.51. The van der Waals surface area contributed by atoms with Gasteiger partial charge >= 0.3 is 0 Å². The number of thioether (sulfide) groups is 1. The predicted octanol–water partition coefficient (Wildman–Crippen LogP) is 5.01. The maximum Gasteiger partial charge on any atom is 0.237 e. The van der Waals surface area contributed by atoms with Gasteiger partial charge in [-0.15, -0.1) is 10.2 Å². The summed E-state index contributed by atoms with van der Waals surface area (Å²) >= 11 is 7.49. The van der Waals surface area contributed by atoms with Crippen molar-refractivity contribution >= 4 is 23.4 Å². The molecule has 0 aliphatic rings. The van der Waals surface area contributed by atoms with E-state index in [4.69, 9.17) is 25.3 Å². The van der Waals surface area contributed by atoms with Crippen LogP contribution < -0.4 is 0 Å². The van der Waals surface area contributed by atoms with Crippen molar-refractivity contribution < 1.29 is 13.7 Å². The zero-order chi connectivity index (χ0) is 20.9. The fourth-order valence-corrected chi connectivity index (χ4v) is 3.75. The predicted molar refractivity (Wildman–Crippen MR) is 112 cm³/mol. The Morgan fingerprint density at radius 2 is 2.03 bits per heavy atom. The third-order valence-corrected chi connectivity index (χ3v) is 5.51. The summed E-state index contributed by atoms with van der Waals surface area (Å²) in [4.78, 5) is 4.41. The third-order valence-electron chi connectivity index (χ3n) is 4.30. The van der Waals surface area contributed by atoms with Crippen LogP contribution in [0.25, 0.3) is 11.4 Å². The maximum absolute atomic E-state index is 6.03. The Bertz CT molecular complexity index is 1080. The average Bonchev–Trinajstić information content (AvgIpc) is 3.49. The van der Waals surface area contributed by atoms with Gasteiger partial charge in [-0.2, -0.15) is 4.98 Å². The number of rotatable bonds is 9. The first-order valence-electron chi connectivity index (χ1n) is 9.42. The van der Waals surface area contributed by atoms with E-state index in [0.717, 1.165) is 17.1 Å². The number of benzene rings is 1. The molecule has 0 N–H and O–H groups in total. The molecule has 0 amide bonds.